The van der Waals surface area contributed by atoms with Crippen LogP contribution in [-0.4, -0.2) is 15.8 Å². The van der Waals surface area contributed by atoms with Gasteiger partial charge in [0, 0.05) is 18.0 Å². The number of nitrogens with zero attached hydrogens (tertiary/aromatic N) is 2. The van der Waals surface area contributed by atoms with Crippen LogP contribution in [-0.2, 0) is 0 Å². The Labute approximate surface area is 123 Å². The predicted octanol–water partition coefficient (Wildman–Crippen LogP) is 4.87. The van der Waals surface area contributed by atoms with Crippen LogP contribution in [0.3, 0.4) is 0 Å². The van der Waals surface area contributed by atoms with Crippen molar-refractivity contribution in [2.24, 2.45) is 0 Å². The highest BCUT2D eigenvalue weighted by Crippen LogP contribution is 2.36. The molecular weight excluding hydrogens is 246 g/mol. The van der Waals surface area contributed by atoms with Crippen molar-refractivity contribution in [3.63, 3.8) is 0 Å². The molecule has 0 saturated heterocycles. The van der Waals surface area contributed by atoms with Crippen LogP contribution in [0.4, 0.5) is 5.82 Å². The molecule has 1 N–H and O–H groups in total. The third kappa shape index (κ3) is 2.72. The molecule has 1 aromatic heterocycles. The van der Waals surface area contributed by atoms with E-state index >= 15 is 0 Å². The van der Waals surface area contributed by atoms with E-state index in [0.717, 1.165) is 0 Å². The molecule has 1 aliphatic heterocycles. The zero-order chi connectivity index (χ0) is 13.9. The Balaban J connectivity index is 1.83. The fraction of sp³-hybridized carbons (Fsp3) is 0.824. The summed E-state index contributed by atoms with van der Waals surface area (Å²) in [7, 11) is 0. The minimum absolute atomic E-state index is 0.593. The van der Waals surface area contributed by atoms with Gasteiger partial charge in [-0.3, -0.25) is 0 Å². The van der Waals surface area contributed by atoms with Crippen LogP contribution < -0.4 is 5.32 Å². The first-order valence-electron chi connectivity index (χ1n) is 8.67. The van der Waals surface area contributed by atoms with Crippen LogP contribution in [0.15, 0.2) is 6.07 Å². The van der Waals surface area contributed by atoms with Gasteiger partial charge in [0.2, 0.25) is 0 Å². The van der Waals surface area contributed by atoms with Gasteiger partial charge in [0.05, 0.1) is 11.7 Å². The lowest BCUT2D eigenvalue weighted by Gasteiger charge is -2.31. The first kappa shape index (κ1) is 14.0. The van der Waals surface area contributed by atoms with Gasteiger partial charge in [-0.15, -0.1) is 0 Å². The summed E-state index contributed by atoms with van der Waals surface area (Å²) < 4.78 is 2.28. The third-order valence-electron chi connectivity index (χ3n) is 5.25. The molecule has 2 heterocycles. The number of rotatable bonds is 3. The smallest absolute Gasteiger partial charge is 0.125 e. The molecule has 2 aliphatic rings. The molecular formula is C17H29N3. The van der Waals surface area contributed by atoms with E-state index in [1.165, 1.54) is 69.3 Å². The van der Waals surface area contributed by atoms with Crippen molar-refractivity contribution in [1.82, 2.24) is 9.78 Å². The fourth-order valence-electron chi connectivity index (χ4n) is 3.88. The van der Waals surface area contributed by atoms with E-state index in [9.17, 15) is 0 Å². The molecule has 3 rings (SSSR count). The Hall–Kier alpha value is -0.990. The summed E-state index contributed by atoms with van der Waals surface area (Å²) in [5.41, 5.74) is 1.35. The second-order valence-electron chi connectivity index (χ2n) is 6.63. The molecule has 3 nitrogen and oxygen atoms in total. The second kappa shape index (κ2) is 6.19. The van der Waals surface area contributed by atoms with Gasteiger partial charge in [-0.05, 0) is 32.1 Å². The zero-order valence-electron chi connectivity index (χ0n) is 13.1. The predicted molar refractivity (Wildman–Crippen MR) is 84.3 cm³/mol. The normalized spacial score (nSPS) is 27.7. The number of hydrogen-bond acceptors (Lipinski definition) is 2. The van der Waals surface area contributed by atoms with Gasteiger partial charge >= 0.3 is 0 Å². The summed E-state index contributed by atoms with van der Waals surface area (Å²) in [5, 5.41) is 8.68. The summed E-state index contributed by atoms with van der Waals surface area (Å²) in [6.45, 7) is 4.57. The first-order chi connectivity index (χ1) is 9.81. The van der Waals surface area contributed by atoms with Crippen LogP contribution in [0.1, 0.15) is 89.3 Å². The van der Waals surface area contributed by atoms with E-state index in [1.54, 1.807) is 0 Å². The molecule has 0 radical (unpaired) electrons. The standard InChI is InChI=1S/C17H29N3/c1-3-14-11-15(4-2)20-17(18-14)12-16(19-20)13-9-7-5-6-8-10-13/h12-15,18H,3-11H2,1-2H3. The molecule has 0 spiro atoms. The monoisotopic (exact) mass is 275 g/mol. The Kier molecular flexibility index (Phi) is 4.32. The summed E-state index contributed by atoms with van der Waals surface area (Å²) in [4.78, 5) is 0. The maximum Gasteiger partial charge on any atom is 0.125 e. The van der Waals surface area contributed by atoms with Crippen LogP contribution in [0.5, 0.6) is 0 Å². The molecule has 1 fully saturated rings. The highest BCUT2D eigenvalue weighted by atomic mass is 15.4. The van der Waals surface area contributed by atoms with Crippen molar-refractivity contribution >= 4 is 5.82 Å². The molecule has 0 bridgehead atoms. The second-order valence-corrected chi connectivity index (χ2v) is 6.63. The van der Waals surface area contributed by atoms with Crippen molar-refractivity contribution < 1.29 is 0 Å². The average molecular weight is 275 g/mol. The van der Waals surface area contributed by atoms with Crippen molar-refractivity contribution in [2.75, 3.05) is 5.32 Å². The van der Waals surface area contributed by atoms with Crippen molar-refractivity contribution in [1.29, 1.82) is 0 Å². The van der Waals surface area contributed by atoms with Crippen molar-refractivity contribution in [2.45, 2.75) is 89.6 Å². The number of anilines is 1. The molecule has 2 unspecified atom stereocenters. The van der Waals surface area contributed by atoms with E-state index in [0.29, 0.717) is 18.0 Å². The lowest BCUT2D eigenvalue weighted by atomic mass is 9.96. The molecule has 3 heteroatoms. The highest BCUT2D eigenvalue weighted by molar-refractivity contribution is 5.41. The highest BCUT2D eigenvalue weighted by Gasteiger charge is 2.27. The summed E-state index contributed by atoms with van der Waals surface area (Å²) >= 11 is 0. The SMILES string of the molecule is CCC1CC(CC)n2nc(C3CCCCCC3)cc2N1. The minimum atomic E-state index is 0.593. The molecule has 1 aromatic rings. The summed E-state index contributed by atoms with van der Waals surface area (Å²) in [6, 6.07) is 3.57. The number of nitrogens with one attached hydrogen (secondary N) is 1. The maximum absolute atomic E-state index is 4.99. The van der Waals surface area contributed by atoms with E-state index in [2.05, 4.69) is 29.9 Å². The van der Waals surface area contributed by atoms with E-state index in [-0.39, 0.29) is 0 Å². The lowest BCUT2D eigenvalue weighted by Crippen LogP contribution is -2.31. The number of aromatic nitrogens is 2. The Morgan fingerprint density at radius 1 is 1.15 bits per heavy atom. The Morgan fingerprint density at radius 2 is 1.90 bits per heavy atom. The minimum Gasteiger partial charge on any atom is -0.367 e. The lowest BCUT2D eigenvalue weighted by molar-refractivity contribution is 0.359. The summed E-state index contributed by atoms with van der Waals surface area (Å²) in [6.07, 6.45) is 11.9. The largest absolute Gasteiger partial charge is 0.367 e. The Morgan fingerprint density at radius 3 is 2.55 bits per heavy atom. The molecule has 2 atom stereocenters. The number of hydrogen-bond donors (Lipinski definition) is 1. The zero-order valence-corrected chi connectivity index (χ0v) is 13.1. The van der Waals surface area contributed by atoms with E-state index in [4.69, 9.17) is 5.10 Å². The van der Waals surface area contributed by atoms with Crippen LogP contribution in [0.25, 0.3) is 0 Å². The van der Waals surface area contributed by atoms with Gasteiger partial charge in [0.25, 0.3) is 0 Å². The number of fused-ring (bicyclic) bond motifs is 1. The molecule has 1 saturated carbocycles. The molecule has 20 heavy (non-hydrogen) atoms. The van der Waals surface area contributed by atoms with Crippen molar-refractivity contribution in [3.05, 3.63) is 11.8 Å². The quantitative estimate of drug-likeness (QED) is 0.798. The van der Waals surface area contributed by atoms with Gasteiger partial charge in [0.1, 0.15) is 5.82 Å². The topological polar surface area (TPSA) is 29.9 Å². The Bertz CT molecular complexity index is 429. The van der Waals surface area contributed by atoms with Crippen LogP contribution >= 0.6 is 0 Å². The van der Waals surface area contributed by atoms with Gasteiger partial charge in [-0.25, -0.2) is 4.68 Å². The molecule has 0 amide bonds. The molecule has 1 aliphatic carbocycles. The average Bonchev–Trinajstić information content (AvgIpc) is 2.72. The van der Waals surface area contributed by atoms with E-state index < -0.39 is 0 Å². The first-order valence-corrected chi connectivity index (χ1v) is 8.67. The molecule has 112 valence electrons. The summed E-state index contributed by atoms with van der Waals surface area (Å²) in [5.74, 6) is 1.98. The third-order valence-corrected chi connectivity index (χ3v) is 5.25. The van der Waals surface area contributed by atoms with Gasteiger partial charge in [0.15, 0.2) is 0 Å². The van der Waals surface area contributed by atoms with Gasteiger partial charge < -0.3 is 5.32 Å². The van der Waals surface area contributed by atoms with Crippen LogP contribution in [0.2, 0.25) is 0 Å². The van der Waals surface area contributed by atoms with Gasteiger partial charge in [-0.1, -0.05) is 39.5 Å². The van der Waals surface area contributed by atoms with E-state index in [1.807, 2.05) is 0 Å². The van der Waals surface area contributed by atoms with Crippen molar-refractivity contribution in [3.8, 4) is 0 Å². The van der Waals surface area contributed by atoms with Gasteiger partial charge in [-0.2, -0.15) is 5.10 Å². The fourth-order valence-corrected chi connectivity index (χ4v) is 3.88. The van der Waals surface area contributed by atoms with Crippen LogP contribution in [0, 0.1) is 0 Å². The molecule has 0 aromatic carbocycles. The maximum atomic E-state index is 4.99.